The molecule has 0 saturated heterocycles. The van der Waals surface area contributed by atoms with Crippen molar-refractivity contribution >= 4 is 29.3 Å². The van der Waals surface area contributed by atoms with E-state index in [2.05, 4.69) is 47.8 Å². The summed E-state index contributed by atoms with van der Waals surface area (Å²) in [5, 5.41) is 7.13. The van der Waals surface area contributed by atoms with E-state index in [9.17, 15) is 9.59 Å². The second-order valence-corrected chi connectivity index (χ2v) is 7.76. The molecule has 0 aliphatic carbocycles. The van der Waals surface area contributed by atoms with Gasteiger partial charge in [-0.25, -0.2) is 4.99 Å². The SMILES string of the molecule is C=C1C(=O)N=C(n2nc(C)cc2NC(=O)c2ccc(C(C)(C)C)cc2)N=C1C. The molecule has 1 aromatic heterocycles. The van der Waals surface area contributed by atoms with Gasteiger partial charge in [0.25, 0.3) is 17.8 Å². The molecule has 7 nitrogen and oxygen atoms in total. The standard InChI is InChI=1S/C21H23N5O2/c1-12-11-17(26(25-12)20-22-14(3)13(2)18(27)24-20)23-19(28)15-7-9-16(10-8-15)21(4,5)6/h7-11H,2H2,1,3-6H3,(H,23,28). The van der Waals surface area contributed by atoms with Crippen LogP contribution in [0.25, 0.3) is 0 Å². The van der Waals surface area contributed by atoms with Gasteiger partial charge in [-0.05, 0) is 37.0 Å². The highest BCUT2D eigenvalue weighted by molar-refractivity contribution is 6.28. The number of nitrogens with zero attached hydrogens (tertiary/aromatic N) is 4. The highest BCUT2D eigenvalue weighted by Gasteiger charge is 2.22. The zero-order valence-electron chi connectivity index (χ0n) is 16.7. The molecule has 7 heteroatoms. The second-order valence-electron chi connectivity index (χ2n) is 7.76. The molecule has 0 spiro atoms. The predicted octanol–water partition coefficient (Wildman–Crippen LogP) is 3.50. The summed E-state index contributed by atoms with van der Waals surface area (Å²) in [7, 11) is 0. The second kappa shape index (κ2) is 6.99. The first-order valence-corrected chi connectivity index (χ1v) is 8.93. The lowest BCUT2D eigenvalue weighted by Gasteiger charge is -2.19. The Hall–Kier alpha value is -3.35. The maximum atomic E-state index is 12.7. The van der Waals surface area contributed by atoms with Gasteiger partial charge in [-0.2, -0.15) is 14.8 Å². The molecule has 0 fully saturated rings. The van der Waals surface area contributed by atoms with Gasteiger partial charge in [-0.1, -0.05) is 39.5 Å². The van der Waals surface area contributed by atoms with Crippen LogP contribution in [-0.4, -0.2) is 33.3 Å². The Morgan fingerprint density at radius 3 is 2.32 bits per heavy atom. The first-order valence-electron chi connectivity index (χ1n) is 8.93. The number of amides is 2. The van der Waals surface area contributed by atoms with Crippen molar-refractivity contribution in [3.8, 4) is 0 Å². The third kappa shape index (κ3) is 3.83. The first kappa shape index (κ1) is 19.4. The molecule has 0 radical (unpaired) electrons. The van der Waals surface area contributed by atoms with E-state index in [1.54, 1.807) is 32.0 Å². The van der Waals surface area contributed by atoms with Crippen molar-refractivity contribution in [2.75, 3.05) is 5.32 Å². The molecule has 0 atom stereocenters. The van der Waals surface area contributed by atoms with Crippen LogP contribution < -0.4 is 5.32 Å². The van der Waals surface area contributed by atoms with Crippen LogP contribution in [0.5, 0.6) is 0 Å². The van der Waals surface area contributed by atoms with Crippen LogP contribution in [0.15, 0.2) is 52.5 Å². The summed E-state index contributed by atoms with van der Waals surface area (Å²) in [6.07, 6.45) is 0. The minimum absolute atomic E-state index is 0.0102. The molecule has 2 aromatic rings. The number of hydrogen-bond donors (Lipinski definition) is 1. The van der Waals surface area contributed by atoms with Crippen molar-refractivity contribution < 1.29 is 9.59 Å². The summed E-state index contributed by atoms with van der Waals surface area (Å²) < 4.78 is 1.35. The van der Waals surface area contributed by atoms with Gasteiger partial charge >= 0.3 is 0 Å². The fourth-order valence-corrected chi connectivity index (χ4v) is 2.70. The van der Waals surface area contributed by atoms with E-state index >= 15 is 0 Å². The number of anilines is 1. The van der Waals surface area contributed by atoms with Gasteiger partial charge in [0.2, 0.25) is 0 Å². The number of rotatable bonds is 2. The average Bonchev–Trinajstić information content (AvgIpc) is 2.98. The minimum atomic E-state index is -0.467. The Morgan fingerprint density at radius 1 is 1.11 bits per heavy atom. The highest BCUT2D eigenvalue weighted by atomic mass is 16.2. The van der Waals surface area contributed by atoms with Gasteiger partial charge < -0.3 is 5.32 Å². The van der Waals surface area contributed by atoms with Crippen LogP contribution in [0.4, 0.5) is 5.82 Å². The van der Waals surface area contributed by atoms with E-state index in [1.807, 2.05) is 12.1 Å². The van der Waals surface area contributed by atoms with E-state index < -0.39 is 5.91 Å². The lowest BCUT2D eigenvalue weighted by Crippen LogP contribution is -2.25. The number of aromatic nitrogens is 2. The summed E-state index contributed by atoms with van der Waals surface area (Å²) in [6, 6.07) is 9.17. The number of benzene rings is 1. The molecule has 2 amide bonds. The smallest absolute Gasteiger partial charge is 0.281 e. The average molecular weight is 377 g/mol. The Morgan fingerprint density at radius 2 is 1.75 bits per heavy atom. The van der Waals surface area contributed by atoms with Crippen molar-refractivity contribution in [1.29, 1.82) is 0 Å². The van der Waals surface area contributed by atoms with Gasteiger partial charge in [0.05, 0.1) is 17.0 Å². The molecule has 28 heavy (non-hydrogen) atoms. The summed E-state index contributed by atoms with van der Waals surface area (Å²) >= 11 is 0. The molecule has 3 rings (SSSR count). The largest absolute Gasteiger partial charge is 0.306 e. The first-order chi connectivity index (χ1) is 13.1. The third-order valence-electron chi connectivity index (χ3n) is 4.44. The number of carbonyl (C=O) groups is 2. The lowest BCUT2D eigenvalue weighted by molar-refractivity contribution is -0.113. The molecule has 144 valence electrons. The van der Waals surface area contributed by atoms with Crippen LogP contribution in [-0.2, 0) is 10.2 Å². The normalized spacial score (nSPS) is 14.6. The lowest BCUT2D eigenvalue weighted by atomic mass is 9.87. The van der Waals surface area contributed by atoms with Crippen molar-refractivity contribution in [2.45, 2.75) is 40.0 Å². The molecule has 1 aliphatic heterocycles. The van der Waals surface area contributed by atoms with Crippen molar-refractivity contribution in [2.24, 2.45) is 9.98 Å². The van der Waals surface area contributed by atoms with E-state index in [1.165, 1.54) is 4.68 Å². The molecule has 0 bridgehead atoms. The maximum Gasteiger partial charge on any atom is 0.281 e. The van der Waals surface area contributed by atoms with Crippen molar-refractivity contribution in [3.05, 3.63) is 59.3 Å². The summed E-state index contributed by atoms with van der Waals surface area (Å²) in [5.41, 5.74) is 3.05. The fourth-order valence-electron chi connectivity index (χ4n) is 2.70. The summed E-state index contributed by atoms with van der Waals surface area (Å²) in [4.78, 5) is 32.8. The van der Waals surface area contributed by atoms with Crippen molar-refractivity contribution in [1.82, 2.24) is 9.78 Å². The molecule has 1 aliphatic rings. The third-order valence-corrected chi connectivity index (χ3v) is 4.44. The van der Waals surface area contributed by atoms with Crippen LogP contribution in [0.3, 0.4) is 0 Å². The number of carbonyl (C=O) groups excluding carboxylic acids is 2. The van der Waals surface area contributed by atoms with Gasteiger partial charge in [-0.3, -0.25) is 9.59 Å². The Labute approximate surface area is 163 Å². The number of nitrogens with one attached hydrogen (secondary N) is 1. The van der Waals surface area contributed by atoms with Gasteiger partial charge in [-0.15, -0.1) is 0 Å². The molecule has 2 heterocycles. The molecule has 0 saturated carbocycles. The zero-order valence-corrected chi connectivity index (χ0v) is 16.7. The van der Waals surface area contributed by atoms with Crippen LogP contribution in [0, 0.1) is 6.92 Å². The van der Waals surface area contributed by atoms with Crippen LogP contribution in [0.1, 0.15) is 49.3 Å². The summed E-state index contributed by atoms with van der Waals surface area (Å²) in [6.45, 7) is 13.5. The van der Waals surface area contributed by atoms with Gasteiger partial charge in [0, 0.05) is 11.6 Å². The van der Waals surface area contributed by atoms with Crippen LogP contribution in [0.2, 0.25) is 0 Å². The monoisotopic (exact) mass is 377 g/mol. The molecule has 0 unspecified atom stereocenters. The Bertz CT molecular complexity index is 1030. The zero-order chi connectivity index (χ0) is 20.6. The van der Waals surface area contributed by atoms with E-state index in [0.717, 1.165) is 5.56 Å². The molecular weight excluding hydrogens is 354 g/mol. The highest BCUT2D eigenvalue weighted by Crippen LogP contribution is 2.22. The molecule has 1 aromatic carbocycles. The molecular formula is C21H23N5O2. The van der Waals surface area contributed by atoms with E-state index in [4.69, 9.17) is 0 Å². The quantitative estimate of drug-likeness (QED) is 0.812. The van der Waals surface area contributed by atoms with Gasteiger partial charge in [0.15, 0.2) is 0 Å². The van der Waals surface area contributed by atoms with E-state index in [0.29, 0.717) is 22.8 Å². The minimum Gasteiger partial charge on any atom is -0.306 e. The van der Waals surface area contributed by atoms with E-state index in [-0.39, 0.29) is 22.9 Å². The fraction of sp³-hybridized carbons (Fsp3) is 0.286. The molecule has 1 N–H and O–H groups in total. The predicted molar refractivity (Wildman–Crippen MR) is 110 cm³/mol. The van der Waals surface area contributed by atoms with Crippen molar-refractivity contribution in [3.63, 3.8) is 0 Å². The maximum absolute atomic E-state index is 12.7. The van der Waals surface area contributed by atoms with Crippen LogP contribution >= 0.6 is 0 Å². The Kier molecular flexibility index (Phi) is 4.85. The number of aliphatic imine (C=N–C) groups is 2. The number of hydrogen-bond acceptors (Lipinski definition) is 4. The summed E-state index contributed by atoms with van der Waals surface area (Å²) in [5.74, 6) is -0.264. The topological polar surface area (TPSA) is 88.7 Å². The number of aryl methyl sites for hydroxylation is 1. The van der Waals surface area contributed by atoms with Gasteiger partial charge in [0.1, 0.15) is 5.82 Å². The Balaban J connectivity index is 1.88.